The fourth-order valence-corrected chi connectivity index (χ4v) is 3.36. The molecule has 1 saturated heterocycles. The van der Waals surface area contributed by atoms with Crippen molar-refractivity contribution >= 4 is 17.5 Å². The van der Waals surface area contributed by atoms with Crippen molar-refractivity contribution in [2.45, 2.75) is 31.6 Å². The maximum absolute atomic E-state index is 12.5. The lowest BCUT2D eigenvalue weighted by Crippen LogP contribution is -2.39. The van der Waals surface area contributed by atoms with Crippen molar-refractivity contribution in [2.75, 3.05) is 13.1 Å². The van der Waals surface area contributed by atoms with E-state index in [2.05, 4.69) is 20.3 Å². The average Bonchev–Trinajstić information content (AvgIpc) is 3.36. The maximum atomic E-state index is 12.5. The maximum Gasteiger partial charge on any atom is 0.276 e. The monoisotopic (exact) mass is 387 g/mol. The second kappa shape index (κ2) is 7.87. The zero-order valence-electron chi connectivity index (χ0n) is 14.5. The van der Waals surface area contributed by atoms with E-state index in [9.17, 15) is 4.79 Å². The Morgan fingerprint density at radius 3 is 3.00 bits per heavy atom. The number of aromatic nitrogens is 4. The molecule has 0 radical (unpaired) electrons. The zero-order chi connectivity index (χ0) is 18.6. The Kier molecular flexibility index (Phi) is 5.15. The summed E-state index contributed by atoms with van der Waals surface area (Å²) in [6.45, 7) is 1.31. The number of piperidine rings is 1. The minimum Gasteiger partial charge on any atom is -0.360 e. The van der Waals surface area contributed by atoms with Gasteiger partial charge in [-0.15, -0.1) is 0 Å². The molecule has 0 aromatic carbocycles. The van der Waals surface area contributed by atoms with Crippen molar-refractivity contribution in [3.05, 3.63) is 47.2 Å². The smallest absolute Gasteiger partial charge is 0.276 e. The van der Waals surface area contributed by atoms with E-state index < -0.39 is 0 Å². The van der Waals surface area contributed by atoms with Crippen LogP contribution in [0.15, 0.2) is 39.5 Å². The molecule has 8 nitrogen and oxygen atoms in total. The van der Waals surface area contributed by atoms with E-state index in [1.165, 1.54) is 0 Å². The molecule has 4 heterocycles. The van der Waals surface area contributed by atoms with Gasteiger partial charge in [-0.3, -0.25) is 9.78 Å². The number of nitrogens with zero attached hydrogens (tertiary/aromatic N) is 5. The van der Waals surface area contributed by atoms with E-state index in [4.69, 9.17) is 20.6 Å². The lowest BCUT2D eigenvalue weighted by molar-refractivity contribution is -0.132. The number of rotatable bonds is 5. The van der Waals surface area contributed by atoms with E-state index in [1.807, 2.05) is 23.1 Å². The minimum atomic E-state index is 0.0589. The normalized spacial score (nSPS) is 17.2. The van der Waals surface area contributed by atoms with Gasteiger partial charge in [0.1, 0.15) is 11.5 Å². The summed E-state index contributed by atoms with van der Waals surface area (Å²) in [5, 5.41) is 8.03. The van der Waals surface area contributed by atoms with Crippen LogP contribution < -0.4 is 0 Å². The van der Waals surface area contributed by atoms with Crippen LogP contribution in [-0.2, 0) is 11.2 Å². The third-order valence-electron chi connectivity index (χ3n) is 4.58. The summed E-state index contributed by atoms with van der Waals surface area (Å²) in [5.74, 6) is 1.76. The van der Waals surface area contributed by atoms with Gasteiger partial charge < -0.3 is 13.9 Å². The van der Waals surface area contributed by atoms with Crippen LogP contribution in [0, 0.1) is 0 Å². The molecular formula is C18H18ClN5O3. The van der Waals surface area contributed by atoms with Gasteiger partial charge in [-0.05, 0) is 25.0 Å². The summed E-state index contributed by atoms with van der Waals surface area (Å²) in [5.41, 5.74) is 0.644. The van der Waals surface area contributed by atoms with Crippen LogP contribution in [0.1, 0.15) is 36.8 Å². The van der Waals surface area contributed by atoms with Crippen molar-refractivity contribution in [1.29, 1.82) is 0 Å². The fourth-order valence-electron chi connectivity index (χ4n) is 3.20. The Hall–Kier alpha value is -2.74. The average molecular weight is 388 g/mol. The molecule has 0 saturated carbocycles. The summed E-state index contributed by atoms with van der Waals surface area (Å²) in [6.07, 6.45) is 4.33. The first-order valence-electron chi connectivity index (χ1n) is 8.83. The molecule has 0 unspecified atom stereocenters. The van der Waals surface area contributed by atoms with Gasteiger partial charge in [0.25, 0.3) is 5.89 Å². The van der Waals surface area contributed by atoms with Crippen molar-refractivity contribution in [1.82, 2.24) is 25.2 Å². The first-order chi connectivity index (χ1) is 13.2. The number of likely N-dealkylation sites (tertiary alicyclic amines) is 1. The summed E-state index contributed by atoms with van der Waals surface area (Å²) in [4.78, 5) is 23.1. The lowest BCUT2D eigenvalue weighted by atomic mass is 9.97. The van der Waals surface area contributed by atoms with Crippen LogP contribution >= 0.6 is 11.6 Å². The van der Waals surface area contributed by atoms with Crippen LogP contribution in [0.25, 0.3) is 11.6 Å². The number of aryl methyl sites for hydroxylation is 1. The molecule has 1 amide bonds. The molecule has 1 atom stereocenters. The van der Waals surface area contributed by atoms with Gasteiger partial charge in [-0.1, -0.05) is 28.0 Å². The minimum absolute atomic E-state index is 0.0589. The second-order valence-electron chi connectivity index (χ2n) is 6.47. The molecule has 1 aliphatic heterocycles. The number of halogens is 1. The molecule has 27 heavy (non-hydrogen) atoms. The highest BCUT2D eigenvalue weighted by molar-refractivity contribution is 6.29. The van der Waals surface area contributed by atoms with Crippen molar-refractivity contribution in [3.63, 3.8) is 0 Å². The topological polar surface area (TPSA) is 98.2 Å². The Morgan fingerprint density at radius 2 is 2.22 bits per heavy atom. The molecule has 9 heteroatoms. The number of carbonyl (C=O) groups excluding carboxylic acids is 1. The highest BCUT2D eigenvalue weighted by Crippen LogP contribution is 2.27. The number of carbonyl (C=O) groups is 1. The van der Waals surface area contributed by atoms with Gasteiger partial charge in [0.15, 0.2) is 11.0 Å². The number of hydrogen-bond acceptors (Lipinski definition) is 7. The van der Waals surface area contributed by atoms with E-state index >= 15 is 0 Å². The standard InChI is InChI=1S/C18H18ClN5O3/c19-15-10-13(26-22-15)6-7-16(25)24-9-3-4-12(11-24)17-21-18(27-23-17)14-5-1-2-8-20-14/h1-2,5,8,10,12H,3-4,6-7,9,11H2/t12-/m1/s1. The number of amides is 1. The summed E-state index contributed by atoms with van der Waals surface area (Å²) >= 11 is 5.73. The van der Waals surface area contributed by atoms with Gasteiger partial charge in [0, 0.05) is 44.1 Å². The third kappa shape index (κ3) is 4.16. The van der Waals surface area contributed by atoms with Crippen molar-refractivity contribution < 1.29 is 13.8 Å². The Bertz CT molecular complexity index is 911. The lowest BCUT2D eigenvalue weighted by Gasteiger charge is -2.31. The van der Waals surface area contributed by atoms with Gasteiger partial charge >= 0.3 is 0 Å². The van der Waals surface area contributed by atoms with Gasteiger partial charge in [-0.25, -0.2) is 0 Å². The van der Waals surface area contributed by atoms with E-state index in [0.29, 0.717) is 47.7 Å². The van der Waals surface area contributed by atoms with Gasteiger partial charge in [0.2, 0.25) is 5.91 Å². The number of pyridine rings is 1. The summed E-state index contributed by atoms with van der Waals surface area (Å²) in [6, 6.07) is 7.16. The molecule has 1 fully saturated rings. The van der Waals surface area contributed by atoms with Crippen LogP contribution in [-0.4, -0.2) is 44.2 Å². The summed E-state index contributed by atoms with van der Waals surface area (Å²) < 4.78 is 10.4. The molecule has 3 aromatic rings. The van der Waals surface area contributed by atoms with Crippen LogP contribution in [0.5, 0.6) is 0 Å². The van der Waals surface area contributed by atoms with Crippen LogP contribution in [0.3, 0.4) is 0 Å². The van der Waals surface area contributed by atoms with Crippen molar-refractivity contribution in [2.24, 2.45) is 0 Å². The molecule has 3 aromatic heterocycles. The zero-order valence-corrected chi connectivity index (χ0v) is 15.3. The third-order valence-corrected chi connectivity index (χ3v) is 4.76. The first kappa shape index (κ1) is 17.7. The highest BCUT2D eigenvalue weighted by Gasteiger charge is 2.28. The van der Waals surface area contributed by atoms with Gasteiger partial charge in [0.05, 0.1) is 0 Å². The van der Waals surface area contributed by atoms with E-state index in [-0.39, 0.29) is 11.8 Å². The highest BCUT2D eigenvalue weighted by atomic mass is 35.5. The molecule has 4 rings (SSSR count). The van der Waals surface area contributed by atoms with Crippen molar-refractivity contribution in [3.8, 4) is 11.6 Å². The largest absolute Gasteiger partial charge is 0.360 e. The quantitative estimate of drug-likeness (QED) is 0.663. The van der Waals surface area contributed by atoms with Crippen LogP contribution in [0.4, 0.5) is 0 Å². The fraction of sp³-hybridized carbons (Fsp3) is 0.389. The van der Waals surface area contributed by atoms with E-state index in [0.717, 1.165) is 19.4 Å². The first-order valence-corrected chi connectivity index (χ1v) is 9.21. The predicted octanol–water partition coefficient (Wildman–Crippen LogP) is 3.11. The molecule has 0 aliphatic carbocycles. The van der Waals surface area contributed by atoms with Gasteiger partial charge in [-0.2, -0.15) is 4.98 Å². The van der Waals surface area contributed by atoms with Crippen LogP contribution in [0.2, 0.25) is 5.15 Å². The van der Waals surface area contributed by atoms with E-state index in [1.54, 1.807) is 12.3 Å². The molecule has 1 aliphatic rings. The Balaban J connectivity index is 1.38. The molecule has 0 bridgehead atoms. The predicted molar refractivity (Wildman–Crippen MR) is 95.9 cm³/mol. The number of hydrogen-bond donors (Lipinski definition) is 0. The molecule has 0 N–H and O–H groups in total. The SMILES string of the molecule is O=C(CCc1cc(Cl)no1)N1CCC[C@@H](c2noc(-c3ccccn3)n2)C1. The Morgan fingerprint density at radius 1 is 1.30 bits per heavy atom. The molecule has 140 valence electrons. The Labute approximate surface area is 160 Å². The summed E-state index contributed by atoms with van der Waals surface area (Å²) in [7, 11) is 0. The molecular weight excluding hydrogens is 370 g/mol. The second-order valence-corrected chi connectivity index (χ2v) is 6.85. The molecule has 0 spiro atoms.